The smallest absolute Gasteiger partial charge is 0.338 e. The Balaban J connectivity index is 2.55. The number of ether oxygens (including phenoxy) is 1. The lowest BCUT2D eigenvalue weighted by atomic mass is 10.1. The molecule has 0 bridgehead atoms. The lowest BCUT2D eigenvalue weighted by Gasteiger charge is -2.37. The summed E-state index contributed by atoms with van der Waals surface area (Å²) >= 11 is 6.05. The number of aliphatic hydroxyl groups excluding tert-OH is 1. The topological polar surface area (TPSA) is 113 Å². The highest BCUT2D eigenvalue weighted by atomic mass is 35.5. The zero-order valence-electron chi connectivity index (χ0n) is 10.9. The van der Waals surface area contributed by atoms with E-state index in [1.54, 1.807) is 4.90 Å². The number of non-ortho nitro benzene ring substituents is 1. The Labute approximate surface area is 124 Å². The first-order valence-electron chi connectivity index (χ1n) is 6.12. The van der Waals surface area contributed by atoms with Crippen LogP contribution in [-0.2, 0) is 4.74 Å². The van der Waals surface area contributed by atoms with Crippen molar-refractivity contribution in [2.75, 3.05) is 31.3 Å². The van der Waals surface area contributed by atoms with Crippen molar-refractivity contribution < 1.29 is 24.7 Å². The Morgan fingerprint density at radius 3 is 2.86 bits per heavy atom. The van der Waals surface area contributed by atoms with Crippen LogP contribution in [0.3, 0.4) is 0 Å². The molecule has 0 amide bonds. The number of halogens is 1. The number of nitro benzene ring substituents is 1. The van der Waals surface area contributed by atoms with Gasteiger partial charge in [0.1, 0.15) is 0 Å². The van der Waals surface area contributed by atoms with Gasteiger partial charge in [0.05, 0.1) is 47.1 Å². The molecule has 0 saturated carbocycles. The molecule has 0 radical (unpaired) electrons. The number of nitro groups is 1. The van der Waals surface area contributed by atoms with Gasteiger partial charge >= 0.3 is 5.97 Å². The average molecular weight is 317 g/mol. The second kappa shape index (κ2) is 6.25. The van der Waals surface area contributed by atoms with Crippen LogP contribution in [0.2, 0.25) is 5.02 Å². The van der Waals surface area contributed by atoms with Gasteiger partial charge in [-0.05, 0) is 0 Å². The fourth-order valence-electron chi connectivity index (χ4n) is 2.25. The third-order valence-electron chi connectivity index (χ3n) is 3.21. The predicted molar refractivity (Wildman–Crippen MR) is 74.1 cm³/mol. The first-order valence-corrected chi connectivity index (χ1v) is 6.50. The normalized spacial score (nSPS) is 18.6. The summed E-state index contributed by atoms with van der Waals surface area (Å²) in [5.74, 6) is -1.32. The first-order chi connectivity index (χ1) is 9.95. The average Bonchev–Trinajstić information content (AvgIpc) is 2.46. The van der Waals surface area contributed by atoms with Crippen LogP contribution in [0.1, 0.15) is 10.4 Å². The molecule has 1 aromatic carbocycles. The molecule has 8 nitrogen and oxygen atoms in total. The summed E-state index contributed by atoms with van der Waals surface area (Å²) in [6, 6.07) is 1.62. The largest absolute Gasteiger partial charge is 0.478 e. The van der Waals surface area contributed by atoms with Crippen molar-refractivity contribution in [2.45, 2.75) is 6.04 Å². The summed E-state index contributed by atoms with van der Waals surface area (Å²) in [4.78, 5) is 23.1. The minimum absolute atomic E-state index is 0.0399. The van der Waals surface area contributed by atoms with Crippen molar-refractivity contribution in [3.63, 3.8) is 0 Å². The quantitative estimate of drug-likeness (QED) is 0.632. The molecule has 1 fully saturated rings. The molecule has 1 heterocycles. The summed E-state index contributed by atoms with van der Waals surface area (Å²) in [6.07, 6.45) is 0. The van der Waals surface area contributed by atoms with Gasteiger partial charge < -0.3 is 19.8 Å². The Bertz CT molecular complexity index is 579. The molecule has 0 aromatic heterocycles. The maximum absolute atomic E-state index is 11.4. The van der Waals surface area contributed by atoms with Crippen LogP contribution in [0.25, 0.3) is 0 Å². The van der Waals surface area contributed by atoms with Crippen LogP contribution in [0.15, 0.2) is 12.1 Å². The van der Waals surface area contributed by atoms with Gasteiger partial charge in [-0.15, -0.1) is 0 Å². The van der Waals surface area contributed by atoms with E-state index in [0.29, 0.717) is 13.2 Å². The number of hydrogen-bond acceptors (Lipinski definition) is 6. The zero-order chi connectivity index (χ0) is 15.6. The Morgan fingerprint density at radius 2 is 2.29 bits per heavy atom. The number of rotatable bonds is 4. The van der Waals surface area contributed by atoms with Crippen molar-refractivity contribution in [2.24, 2.45) is 0 Å². The van der Waals surface area contributed by atoms with Gasteiger partial charge in [0, 0.05) is 18.7 Å². The van der Waals surface area contributed by atoms with Crippen molar-refractivity contribution in [1.82, 2.24) is 0 Å². The molecule has 1 aliphatic rings. The predicted octanol–water partition coefficient (Wildman–Crippen LogP) is 1.14. The van der Waals surface area contributed by atoms with Gasteiger partial charge in [-0.2, -0.15) is 0 Å². The van der Waals surface area contributed by atoms with E-state index < -0.39 is 22.6 Å². The number of aliphatic hydroxyl groups is 1. The number of morpholine rings is 1. The van der Waals surface area contributed by atoms with Gasteiger partial charge in [0.2, 0.25) is 0 Å². The lowest BCUT2D eigenvalue weighted by Crippen LogP contribution is -2.48. The molecule has 1 aliphatic heterocycles. The molecular weight excluding hydrogens is 304 g/mol. The number of carbonyl (C=O) groups is 1. The van der Waals surface area contributed by atoms with Gasteiger partial charge in [0.15, 0.2) is 0 Å². The summed E-state index contributed by atoms with van der Waals surface area (Å²) < 4.78 is 5.23. The summed E-state index contributed by atoms with van der Waals surface area (Å²) in [5.41, 5.74) is -0.498. The van der Waals surface area contributed by atoms with Crippen molar-refractivity contribution >= 4 is 28.9 Å². The molecule has 0 spiro atoms. The van der Waals surface area contributed by atoms with Crippen LogP contribution < -0.4 is 4.90 Å². The van der Waals surface area contributed by atoms with E-state index in [-0.39, 0.29) is 29.5 Å². The summed E-state index contributed by atoms with van der Waals surface area (Å²) in [7, 11) is 0. The van der Waals surface area contributed by atoms with E-state index in [0.717, 1.165) is 12.1 Å². The second-order valence-electron chi connectivity index (χ2n) is 4.49. The SMILES string of the molecule is O=C(O)c1cc([N+](=O)[O-])cc(Cl)c1N1CCOCC1CO. The molecule has 2 N–H and O–H groups in total. The maximum atomic E-state index is 11.4. The molecule has 9 heteroatoms. The molecule has 21 heavy (non-hydrogen) atoms. The van der Waals surface area contributed by atoms with E-state index in [1.165, 1.54) is 0 Å². The maximum Gasteiger partial charge on any atom is 0.338 e. The summed E-state index contributed by atoms with van der Waals surface area (Å²) in [6.45, 7) is 0.668. The van der Waals surface area contributed by atoms with Crippen molar-refractivity contribution in [3.05, 3.63) is 32.8 Å². The van der Waals surface area contributed by atoms with Crippen LogP contribution >= 0.6 is 11.6 Å². The standard InChI is InChI=1S/C12H13ClN2O6/c13-10-4-7(15(19)20)3-9(12(17)18)11(10)14-1-2-21-6-8(14)5-16/h3-4,8,16H,1-2,5-6H2,(H,17,18). The van der Waals surface area contributed by atoms with Crippen molar-refractivity contribution in [1.29, 1.82) is 0 Å². The number of benzene rings is 1. The van der Waals surface area contributed by atoms with E-state index in [2.05, 4.69) is 0 Å². The molecule has 2 rings (SSSR count). The Kier molecular flexibility index (Phi) is 4.61. The van der Waals surface area contributed by atoms with E-state index in [9.17, 15) is 25.1 Å². The highest BCUT2D eigenvalue weighted by Crippen LogP contribution is 2.36. The highest BCUT2D eigenvalue weighted by molar-refractivity contribution is 6.34. The van der Waals surface area contributed by atoms with Crippen LogP contribution in [-0.4, -0.2) is 53.5 Å². The van der Waals surface area contributed by atoms with Gasteiger partial charge in [-0.3, -0.25) is 10.1 Å². The van der Waals surface area contributed by atoms with Crippen LogP contribution in [0.4, 0.5) is 11.4 Å². The van der Waals surface area contributed by atoms with E-state index in [4.69, 9.17) is 16.3 Å². The Hall–Kier alpha value is -1.90. The molecule has 1 atom stereocenters. The highest BCUT2D eigenvalue weighted by Gasteiger charge is 2.30. The minimum atomic E-state index is -1.32. The molecule has 1 unspecified atom stereocenters. The number of nitrogens with zero attached hydrogens (tertiary/aromatic N) is 2. The number of anilines is 1. The van der Waals surface area contributed by atoms with Crippen molar-refractivity contribution in [3.8, 4) is 0 Å². The summed E-state index contributed by atoms with van der Waals surface area (Å²) in [5, 5.41) is 29.4. The number of hydrogen-bond donors (Lipinski definition) is 2. The first kappa shape index (κ1) is 15.5. The third-order valence-corrected chi connectivity index (χ3v) is 3.50. The van der Waals surface area contributed by atoms with Gasteiger partial charge in [-0.25, -0.2) is 4.79 Å². The molecule has 1 aromatic rings. The Morgan fingerprint density at radius 1 is 1.57 bits per heavy atom. The van der Waals surface area contributed by atoms with E-state index in [1.807, 2.05) is 0 Å². The zero-order valence-corrected chi connectivity index (χ0v) is 11.6. The lowest BCUT2D eigenvalue weighted by molar-refractivity contribution is -0.384. The molecule has 1 saturated heterocycles. The fourth-order valence-corrected chi connectivity index (χ4v) is 2.57. The fraction of sp³-hybridized carbons (Fsp3) is 0.417. The van der Waals surface area contributed by atoms with Crippen LogP contribution in [0.5, 0.6) is 0 Å². The number of carboxylic acid groups (broad SMARTS) is 1. The number of carboxylic acids is 1. The monoisotopic (exact) mass is 316 g/mol. The molecule has 0 aliphatic carbocycles. The van der Waals surface area contributed by atoms with Crippen LogP contribution in [0, 0.1) is 10.1 Å². The molecular formula is C12H13ClN2O6. The van der Waals surface area contributed by atoms with E-state index >= 15 is 0 Å². The number of aromatic carboxylic acids is 1. The second-order valence-corrected chi connectivity index (χ2v) is 4.90. The van der Waals surface area contributed by atoms with Gasteiger partial charge in [-0.1, -0.05) is 11.6 Å². The third kappa shape index (κ3) is 3.07. The van der Waals surface area contributed by atoms with Gasteiger partial charge in [0.25, 0.3) is 5.69 Å². The minimum Gasteiger partial charge on any atom is -0.478 e. The molecule has 114 valence electrons.